The first kappa shape index (κ1) is 27.7. The van der Waals surface area contributed by atoms with Gasteiger partial charge in [-0.05, 0) is 59.5 Å². The van der Waals surface area contributed by atoms with Crippen LogP contribution in [0.5, 0.6) is 17.2 Å². The minimum atomic E-state index is -0.293. The fourth-order valence-electron chi connectivity index (χ4n) is 4.86. The molecule has 0 bridgehead atoms. The van der Waals surface area contributed by atoms with Crippen molar-refractivity contribution < 1.29 is 18.6 Å². The molecule has 0 spiro atoms. The number of hydrogen-bond acceptors (Lipinski definition) is 6. The molecule has 0 amide bonds. The summed E-state index contributed by atoms with van der Waals surface area (Å²) in [4.78, 5) is 13.9. The summed E-state index contributed by atoms with van der Waals surface area (Å²) >= 11 is 0. The average molecular weight is 570 g/mol. The van der Waals surface area contributed by atoms with Crippen LogP contribution in [0.15, 0.2) is 131 Å². The summed E-state index contributed by atoms with van der Waals surface area (Å²) in [5, 5.41) is 0.368. The van der Waals surface area contributed by atoms with Gasteiger partial charge in [0.2, 0.25) is 11.2 Å². The highest BCUT2D eigenvalue weighted by molar-refractivity contribution is 5.91. The molecule has 214 valence electrons. The molecule has 0 aliphatic heterocycles. The summed E-state index contributed by atoms with van der Waals surface area (Å²) in [6, 6.07) is 38.5. The van der Waals surface area contributed by atoms with E-state index in [1.54, 1.807) is 12.1 Å². The molecule has 0 aliphatic carbocycles. The molecule has 0 saturated heterocycles. The van der Waals surface area contributed by atoms with Gasteiger partial charge in [0.25, 0.3) is 0 Å². The van der Waals surface area contributed by atoms with Gasteiger partial charge < -0.3 is 24.4 Å². The molecular weight excluding hydrogens is 538 g/mol. The van der Waals surface area contributed by atoms with Crippen LogP contribution in [0.4, 0.5) is 5.69 Å². The van der Waals surface area contributed by atoms with Gasteiger partial charge in [-0.3, -0.25) is 4.79 Å². The fourth-order valence-corrected chi connectivity index (χ4v) is 4.86. The zero-order valence-corrected chi connectivity index (χ0v) is 23.8. The molecule has 0 radical (unpaired) electrons. The summed E-state index contributed by atoms with van der Waals surface area (Å²) in [7, 11) is 0. The molecule has 6 aromatic rings. The number of aryl methyl sites for hydroxylation is 1. The van der Waals surface area contributed by atoms with Crippen molar-refractivity contribution in [2.24, 2.45) is 0 Å². The molecule has 6 rings (SSSR count). The highest BCUT2D eigenvalue weighted by Gasteiger charge is 2.21. The van der Waals surface area contributed by atoms with Crippen LogP contribution < -0.4 is 25.4 Å². The fraction of sp³-hybridized carbons (Fsp3) is 0.108. The molecule has 0 saturated carbocycles. The number of ether oxygens (including phenoxy) is 3. The third-order valence-electron chi connectivity index (χ3n) is 7.03. The lowest BCUT2D eigenvalue weighted by atomic mass is 10.1. The Morgan fingerprint density at radius 2 is 1.16 bits per heavy atom. The average Bonchev–Trinajstić information content (AvgIpc) is 3.04. The molecule has 0 atom stereocenters. The van der Waals surface area contributed by atoms with Crippen molar-refractivity contribution >= 4 is 16.7 Å². The van der Waals surface area contributed by atoms with Crippen molar-refractivity contribution in [3.8, 4) is 28.6 Å². The van der Waals surface area contributed by atoms with Crippen LogP contribution in [-0.4, -0.2) is 0 Å². The van der Waals surface area contributed by atoms with Crippen molar-refractivity contribution in [2.75, 3.05) is 5.73 Å². The van der Waals surface area contributed by atoms with E-state index in [-0.39, 0.29) is 23.5 Å². The molecular formula is C37H31NO5. The summed E-state index contributed by atoms with van der Waals surface area (Å²) < 4.78 is 25.0. The molecule has 43 heavy (non-hydrogen) atoms. The topological polar surface area (TPSA) is 83.9 Å². The minimum absolute atomic E-state index is 0.105. The Kier molecular flexibility index (Phi) is 8.09. The molecule has 6 heteroatoms. The van der Waals surface area contributed by atoms with Crippen LogP contribution >= 0.6 is 0 Å². The zero-order chi connectivity index (χ0) is 29.6. The zero-order valence-electron chi connectivity index (χ0n) is 23.8. The van der Waals surface area contributed by atoms with Crippen LogP contribution in [0.2, 0.25) is 0 Å². The van der Waals surface area contributed by atoms with Crippen molar-refractivity contribution in [2.45, 2.75) is 26.7 Å². The standard InChI is InChI=1S/C37H31NO5/c1-25-19-30-34(39)37(42-24-28-15-9-4-10-16-28)35(43-36(30)31(38)20-25)29-17-18-32(40-22-26-11-5-2-6-12-26)33(21-29)41-23-27-13-7-3-8-14-27/h2-21H,22-24,38H2,1H3. The van der Waals surface area contributed by atoms with E-state index in [2.05, 4.69) is 0 Å². The Hall–Kier alpha value is -5.49. The number of anilines is 1. The van der Waals surface area contributed by atoms with E-state index in [1.807, 2.05) is 116 Å². The van der Waals surface area contributed by atoms with Crippen molar-refractivity contribution in [3.05, 3.63) is 154 Å². The van der Waals surface area contributed by atoms with Gasteiger partial charge in [0, 0.05) is 5.56 Å². The van der Waals surface area contributed by atoms with E-state index in [0.717, 1.165) is 22.3 Å². The summed E-state index contributed by atoms with van der Waals surface area (Å²) in [5.41, 5.74) is 11.1. The SMILES string of the molecule is Cc1cc(N)c2oc(-c3ccc(OCc4ccccc4)c(OCc4ccccc4)c3)c(OCc3ccccc3)c(=O)c2c1. The van der Waals surface area contributed by atoms with Crippen LogP contribution in [0.25, 0.3) is 22.3 Å². The van der Waals surface area contributed by atoms with Gasteiger partial charge in [-0.1, -0.05) is 91.0 Å². The maximum atomic E-state index is 13.9. The van der Waals surface area contributed by atoms with Crippen LogP contribution in [-0.2, 0) is 19.8 Å². The second-order valence-electron chi connectivity index (χ2n) is 10.3. The second-order valence-corrected chi connectivity index (χ2v) is 10.3. The Labute approximate surface area is 249 Å². The smallest absolute Gasteiger partial charge is 0.235 e. The molecule has 0 unspecified atom stereocenters. The van der Waals surface area contributed by atoms with Crippen LogP contribution in [0, 0.1) is 6.92 Å². The summed E-state index contributed by atoms with van der Waals surface area (Å²) in [5.74, 6) is 1.44. The molecule has 2 N–H and O–H groups in total. The highest BCUT2D eigenvalue weighted by Crippen LogP contribution is 2.39. The summed E-state index contributed by atoms with van der Waals surface area (Å²) in [6.45, 7) is 2.78. The molecule has 1 aromatic heterocycles. The highest BCUT2D eigenvalue weighted by atomic mass is 16.5. The van der Waals surface area contributed by atoms with Gasteiger partial charge in [0.05, 0.1) is 11.1 Å². The lowest BCUT2D eigenvalue weighted by molar-refractivity contribution is 0.256. The molecule has 0 fully saturated rings. The molecule has 0 aliphatic rings. The third-order valence-corrected chi connectivity index (χ3v) is 7.03. The van der Waals surface area contributed by atoms with Gasteiger partial charge >= 0.3 is 0 Å². The van der Waals surface area contributed by atoms with E-state index < -0.39 is 0 Å². The Morgan fingerprint density at radius 3 is 1.74 bits per heavy atom. The number of nitrogens with two attached hydrogens (primary N) is 1. The van der Waals surface area contributed by atoms with E-state index in [1.165, 1.54) is 0 Å². The Balaban J connectivity index is 1.43. The maximum absolute atomic E-state index is 13.9. The first-order valence-electron chi connectivity index (χ1n) is 14.1. The first-order chi connectivity index (χ1) is 21.0. The van der Waals surface area contributed by atoms with E-state index in [4.69, 9.17) is 24.4 Å². The lowest BCUT2D eigenvalue weighted by Crippen LogP contribution is -2.11. The normalized spacial score (nSPS) is 10.9. The Morgan fingerprint density at radius 1 is 0.628 bits per heavy atom. The van der Waals surface area contributed by atoms with Gasteiger partial charge in [0.1, 0.15) is 19.8 Å². The van der Waals surface area contributed by atoms with Gasteiger partial charge in [0.15, 0.2) is 22.8 Å². The number of fused-ring (bicyclic) bond motifs is 1. The first-order valence-corrected chi connectivity index (χ1v) is 14.1. The van der Waals surface area contributed by atoms with E-state index in [0.29, 0.717) is 46.9 Å². The van der Waals surface area contributed by atoms with Crippen LogP contribution in [0.3, 0.4) is 0 Å². The van der Waals surface area contributed by atoms with E-state index in [9.17, 15) is 4.79 Å². The molecule has 6 nitrogen and oxygen atoms in total. The largest absolute Gasteiger partial charge is 0.485 e. The van der Waals surface area contributed by atoms with Crippen molar-refractivity contribution in [3.63, 3.8) is 0 Å². The second kappa shape index (κ2) is 12.6. The number of nitrogen functional groups attached to an aromatic ring is 1. The molecule has 1 heterocycles. The predicted octanol–water partition coefficient (Wildman–Crippen LogP) is 8.09. The van der Waals surface area contributed by atoms with Gasteiger partial charge in [-0.2, -0.15) is 0 Å². The van der Waals surface area contributed by atoms with Crippen LogP contribution in [0.1, 0.15) is 22.3 Å². The lowest BCUT2D eigenvalue weighted by Gasteiger charge is -2.16. The van der Waals surface area contributed by atoms with Gasteiger partial charge in [-0.15, -0.1) is 0 Å². The third kappa shape index (κ3) is 6.39. The quantitative estimate of drug-likeness (QED) is 0.168. The minimum Gasteiger partial charge on any atom is -0.485 e. The Bertz CT molecular complexity index is 1900. The monoisotopic (exact) mass is 569 g/mol. The van der Waals surface area contributed by atoms with Gasteiger partial charge in [-0.25, -0.2) is 0 Å². The predicted molar refractivity (Wildman–Crippen MR) is 169 cm³/mol. The van der Waals surface area contributed by atoms with Crippen molar-refractivity contribution in [1.82, 2.24) is 0 Å². The maximum Gasteiger partial charge on any atom is 0.235 e. The van der Waals surface area contributed by atoms with Crippen molar-refractivity contribution in [1.29, 1.82) is 0 Å². The summed E-state index contributed by atoms with van der Waals surface area (Å²) in [6.07, 6.45) is 0. The number of rotatable bonds is 10. The number of hydrogen-bond donors (Lipinski definition) is 1. The molecule has 5 aromatic carbocycles. The number of benzene rings is 5. The van der Waals surface area contributed by atoms with E-state index >= 15 is 0 Å².